The summed E-state index contributed by atoms with van der Waals surface area (Å²) in [6, 6.07) is 7.28. The predicted octanol–water partition coefficient (Wildman–Crippen LogP) is 2.68. The van der Waals surface area contributed by atoms with Crippen LogP contribution in [0.25, 0.3) is 0 Å². The number of carbonyl (C=O) groups is 1. The minimum absolute atomic E-state index is 0.0615. The molecule has 3 N–H and O–H groups in total. The predicted molar refractivity (Wildman–Crippen MR) is 78.1 cm³/mol. The SMILES string of the molecule is CCCC(N)C(=O)NCCSc1ccc(Cl)cc1. The Morgan fingerprint density at radius 3 is 2.72 bits per heavy atom. The van der Waals surface area contributed by atoms with Crippen molar-refractivity contribution in [2.75, 3.05) is 12.3 Å². The van der Waals surface area contributed by atoms with Crippen LogP contribution in [0.15, 0.2) is 29.2 Å². The van der Waals surface area contributed by atoms with Crippen molar-refractivity contribution in [3.8, 4) is 0 Å². The quantitative estimate of drug-likeness (QED) is 0.598. The summed E-state index contributed by atoms with van der Waals surface area (Å²) in [6.07, 6.45) is 1.66. The monoisotopic (exact) mass is 286 g/mol. The average molecular weight is 287 g/mol. The highest BCUT2D eigenvalue weighted by atomic mass is 35.5. The molecule has 1 unspecified atom stereocenters. The molecule has 0 aliphatic heterocycles. The van der Waals surface area contributed by atoms with E-state index in [1.165, 1.54) is 0 Å². The minimum Gasteiger partial charge on any atom is -0.354 e. The molecule has 0 fully saturated rings. The first-order valence-electron chi connectivity index (χ1n) is 6.05. The molecule has 5 heteroatoms. The highest BCUT2D eigenvalue weighted by Crippen LogP contribution is 2.19. The number of amides is 1. The smallest absolute Gasteiger partial charge is 0.236 e. The molecule has 3 nitrogen and oxygen atoms in total. The summed E-state index contributed by atoms with van der Waals surface area (Å²) in [6.45, 7) is 2.65. The van der Waals surface area contributed by atoms with Gasteiger partial charge in [0.05, 0.1) is 6.04 Å². The number of halogens is 1. The van der Waals surface area contributed by atoms with E-state index in [9.17, 15) is 4.79 Å². The topological polar surface area (TPSA) is 55.1 Å². The number of rotatable bonds is 7. The molecule has 100 valence electrons. The van der Waals surface area contributed by atoms with Gasteiger partial charge in [-0.1, -0.05) is 24.9 Å². The molecule has 0 aromatic heterocycles. The van der Waals surface area contributed by atoms with Crippen molar-refractivity contribution in [3.05, 3.63) is 29.3 Å². The van der Waals surface area contributed by atoms with Gasteiger partial charge in [-0.25, -0.2) is 0 Å². The van der Waals surface area contributed by atoms with E-state index in [1.54, 1.807) is 11.8 Å². The number of hydrogen-bond acceptors (Lipinski definition) is 3. The van der Waals surface area contributed by atoms with E-state index in [0.29, 0.717) is 6.54 Å². The summed E-state index contributed by atoms with van der Waals surface area (Å²) in [5.74, 6) is 0.764. The van der Waals surface area contributed by atoms with Gasteiger partial charge in [-0.15, -0.1) is 11.8 Å². The van der Waals surface area contributed by atoms with Crippen LogP contribution in [0, 0.1) is 0 Å². The fourth-order valence-electron chi connectivity index (χ4n) is 1.45. The largest absolute Gasteiger partial charge is 0.354 e. The Labute approximate surface area is 117 Å². The third-order valence-corrected chi connectivity index (χ3v) is 3.69. The molecular weight excluding hydrogens is 268 g/mol. The molecule has 0 saturated carbocycles. The summed E-state index contributed by atoms with van der Waals surface area (Å²) >= 11 is 7.48. The molecule has 0 saturated heterocycles. The second-order valence-corrected chi connectivity index (χ2v) is 5.59. The molecule has 1 aromatic carbocycles. The standard InChI is InChI=1S/C13H19ClN2OS/c1-2-3-12(15)13(17)16-8-9-18-11-6-4-10(14)5-7-11/h4-7,12H,2-3,8-9,15H2,1H3,(H,16,17). The van der Waals surface area contributed by atoms with Crippen molar-refractivity contribution >= 4 is 29.3 Å². The van der Waals surface area contributed by atoms with Gasteiger partial charge in [0, 0.05) is 22.2 Å². The number of nitrogens with one attached hydrogen (secondary N) is 1. The van der Waals surface area contributed by atoms with E-state index in [2.05, 4.69) is 5.32 Å². The first-order valence-corrected chi connectivity index (χ1v) is 7.41. The molecule has 0 aliphatic rings. The Morgan fingerprint density at radius 2 is 2.11 bits per heavy atom. The molecule has 0 heterocycles. The summed E-state index contributed by atoms with van der Waals surface area (Å²) < 4.78 is 0. The minimum atomic E-state index is -0.379. The van der Waals surface area contributed by atoms with Crippen LogP contribution in [0.3, 0.4) is 0 Å². The van der Waals surface area contributed by atoms with Crippen LogP contribution in [0.4, 0.5) is 0 Å². The first kappa shape index (κ1) is 15.3. The van der Waals surface area contributed by atoms with Crippen molar-refractivity contribution < 1.29 is 4.79 Å². The van der Waals surface area contributed by atoms with E-state index < -0.39 is 0 Å². The average Bonchev–Trinajstić information content (AvgIpc) is 2.36. The van der Waals surface area contributed by atoms with Gasteiger partial charge >= 0.3 is 0 Å². The molecule has 0 spiro atoms. The highest BCUT2D eigenvalue weighted by molar-refractivity contribution is 7.99. The van der Waals surface area contributed by atoms with Crippen molar-refractivity contribution in [1.29, 1.82) is 0 Å². The molecule has 1 amide bonds. The van der Waals surface area contributed by atoms with E-state index in [1.807, 2.05) is 31.2 Å². The molecule has 0 bridgehead atoms. The van der Waals surface area contributed by atoms with Crippen molar-refractivity contribution in [2.45, 2.75) is 30.7 Å². The lowest BCUT2D eigenvalue weighted by Crippen LogP contribution is -2.41. The molecule has 1 aromatic rings. The van der Waals surface area contributed by atoms with Crippen molar-refractivity contribution in [1.82, 2.24) is 5.32 Å². The number of benzene rings is 1. The summed E-state index contributed by atoms with van der Waals surface area (Å²) in [5.41, 5.74) is 5.70. The van der Waals surface area contributed by atoms with E-state index in [0.717, 1.165) is 28.5 Å². The van der Waals surface area contributed by atoms with Crippen LogP contribution in [-0.2, 0) is 4.79 Å². The van der Waals surface area contributed by atoms with Crippen LogP contribution in [0.5, 0.6) is 0 Å². The zero-order chi connectivity index (χ0) is 13.4. The van der Waals surface area contributed by atoms with Crippen molar-refractivity contribution in [3.63, 3.8) is 0 Å². The molecule has 0 radical (unpaired) electrons. The van der Waals surface area contributed by atoms with Gasteiger partial charge < -0.3 is 11.1 Å². The third kappa shape index (κ3) is 5.76. The lowest BCUT2D eigenvalue weighted by Gasteiger charge is -2.10. The lowest BCUT2D eigenvalue weighted by molar-refractivity contribution is -0.122. The van der Waals surface area contributed by atoms with Gasteiger partial charge in [0.15, 0.2) is 0 Å². The maximum Gasteiger partial charge on any atom is 0.236 e. The molecule has 18 heavy (non-hydrogen) atoms. The van der Waals surface area contributed by atoms with Gasteiger partial charge in [0.25, 0.3) is 0 Å². The fraction of sp³-hybridized carbons (Fsp3) is 0.462. The zero-order valence-electron chi connectivity index (χ0n) is 10.5. The van der Waals surface area contributed by atoms with Crippen LogP contribution in [-0.4, -0.2) is 24.2 Å². The van der Waals surface area contributed by atoms with Gasteiger partial charge in [-0.05, 0) is 30.7 Å². The van der Waals surface area contributed by atoms with Crippen LogP contribution in [0.2, 0.25) is 5.02 Å². The summed E-state index contributed by atoms with van der Waals surface area (Å²) in [7, 11) is 0. The molecule has 1 rings (SSSR count). The fourth-order valence-corrected chi connectivity index (χ4v) is 2.34. The van der Waals surface area contributed by atoms with Crippen molar-refractivity contribution in [2.24, 2.45) is 5.73 Å². The second-order valence-electron chi connectivity index (χ2n) is 3.99. The Balaban J connectivity index is 2.18. The van der Waals surface area contributed by atoms with Gasteiger partial charge in [-0.3, -0.25) is 4.79 Å². The second kappa shape index (κ2) is 8.40. The Bertz CT molecular complexity index is 370. The molecular formula is C13H19ClN2OS. The van der Waals surface area contributed by atoms with Crippen LogP contribution in [0.1, 0.15) is 19.8 Å². The Hall–Kier alpha value is -0.710. The first-order chi connectivity index (χ1) is 8.63. The number of thioether (sulfide) groups is 1. The molecule has 0 aliphatic carbocycles. The molecule has 1 atom stereocenters. The number of carbonyl (C=O) groups excluding carboxylic acids is 1. The van der Waals surface area contributed by atoms with Crippen LogP contribution < -0.4 is 11.1 Å². The summed E-state index contributed by atoms with van der Waals surface area (Å²) in [5, 5.41) is 3.57. The van der Waals surface area contributed by atoms with E-state index >= 15 is 0 Å². The highest BCUT2D eigenvalue weighted by Gasteiger charge is 2.10. The van der Waals surface area contributed by atoms with E-state index in [-0.39, 0.29) is 11.9 Å². The number of hydrogen-bond donors (Lipinski definition) is 2. The summed E-state index contributed by atoms with van der Waals surface area (Å²) in [4.78, 5) is 12.7. The lowest BCUT2D eigenvalue weighted by atomic mass is 10.2. The van der Waals surface area contributed by atoms with Crippen LogP contribution >= 0.6 is 23.4 Å². The normalized spacial score (nSPS) is 12.2. The maximum atomic E-state index is 11.5. The maximum absolute atomic E-state index is 11.5. The van der Waals surface area contributed by atoms with Gasteiger partial charge in [0.1, 0.15) is 0 Å². The third-order valence-electron chi connectivity index (χ3n) is 2.42. The van der Waals surface area contributed by atoms with E-state index in [4.69, 9.17) is 17.3 Å². The number of nitrogens with two attached hydrogens (primary N) is 1. The Kier molecular flexibility index (Phi) is 7.16. The zero-order valence-corrected chi connectivity index (χ0v) is 12.1. The van der Waals surface area contributed by atoms with Gasteiger partial charge in [0.2, 0.25) is 5.91 Å². The van der Waals surface area contributed by atoms with Gasteiger partial charge in [-0.2, -0.15) is 0 Å². The Morgan fingerprint density at radius 1 is 1.44 bits per heavy atom.